The summed E-state index contributed by atoms with van der Waals surface area (Å²) in [5, 5.41) is 11.5. The molecule has 1 aliphatic rings. The molecule has 7 nitrogen and oxygen atoms in total. The first-order valence-electron chi connectivity index (χ1n) is 8.99. The molecular weight excluding hydrogens is 393 g/mol. The maximum atomic E-state index is 13.0. The van der Waals surface area contributed by atoms with Gasteiger partial charge in [-0.1, -0.05) is 35.6 Å². The molecule has 0 spiro atoms. The number of rotatable bonds is 5. The van der Waals surface area contributed by atoms with Gasteiger partial charge in [-0.15, -0.1) is 10.2 Å². The molecule has 1 aliphatic heterocycles. The van der Waals surface area contributed by atoms with Crippen molar-refractivity contribution in [2.45, 2.75) is 25.6 Å². The Hall–Kier alpha value is -3.17. The molecular formula is C20H18FN5O2S. The van der Waals surface area contributed by atoms with Gasteiger partial charge in [0.1, 0.15) is 10.8 Å². The van der Waals surface area contributed by atoms with Crippen LogP contribution in [-0.4, -0.2) is 33.0 Å². The lowest BCUT2D eigenvalue weighted by atomic mass is 9.93. The van der Waals surface area contributed by atoms with Crippen molar-refractivity contribution in [2.24, 2.45) is 5.73 Å². The SMILES string of the molecule is NC(=O)[C@@H]1Cc2ccccc2CN1Cc1nnc(C(=O)Nc2ccc(F)cc2)s1. The van der Waals surface area contributed by atoms with Gasteiger partial charge in [-0.25, -0.2) is 4.39 Å². The molecule has 3 aromatic rings. The molecule has 2 heterocycles. The van der Waals surface area contributed by atoms with Gasteiger partial charge in [-0.3, -0.25) is 14.5 Å². The summed E-state index contributed by atoms with van der Waals surface area (Å²) in [5.41, 5.74) is 8.34. The fraction of sp³-hybridized carbons (Fsp3) is 0.200. The second-order valence-electron chi connectivity index (χ2n) is 6.76. The van der Waals surface area contributed by atoms with Gasteiger partial charge in [0.05, 0.1) is 12.6 Å². The number of anilines is 1. The smallest absolute Gasteiger partial charge is 0.286 e. The largest absolute Gasteiger partial charge is 0.368 e. The van der Waals surface area contributed by atoms with Gasteiger partial charge in [0.15, 0.2) is 0 Å². The lowest BCUT2D eigenvalue weighted by Crippen LogP contribution is -2.48. The number of nitrogens with two attached hydrogens (primary N) is 1. The molecule has 29 heavy (non-hydrogen) atoms. The number of carbonyl (C=O) groups excluding carboxylic acids is 2. The molecule has 0 fully saturated rings. The van der Waals surface area contributed by atoms with Crippen molar-refractivity contribution < 1.29 is 14.0 Å². The van der Waals surface area contributed by atoms with Crippen molar-refractivity contribution in [3.8, 4) is 0 Å². The number of nitrogens with zero attached hydrogens (tertiary/aromatic N) is 3. The number of halogens is 1. The normalized spacial score (nSPS) is 16.2. The minimum atomic E-state index is -0.440. The van der Waals surface area contributed by atoms with E-state index in [1.54, 1.807) is 0 Å². The number of aromatic nitrogens is 2. The molecule has 0 saturated carbocycles. The number of hydrogen-bond acceptors (Lipinski definition) is 6. The zero-order valence-corrected chi connectivity index (χ0v) is 16.2. The van der Waals surface area contributed by atoms with Gasteiger partial charge >= 0.3 is 0 Å². The molecule has 9 heteroatoms. The van der Waals surface area contributed by atoms with Crippen LogP contribution in [0, 0.1) is 5.82 Å². The summed E-state index contributed by atoms with van der Waals surface area (Å²) in [6.45, 7) is 0.934. The van der Waals surface area contributed by atoms with E-state index in [-0.39, 0.29) is 10.8 Å². The first-order chi connectivity index (χ1) is 14.0. The van der Waals surface area contributed by atoms with Gasteiger partial charge in [0, 0.05) is 12.2 Å². The third-order valence-electron chi connectivity index (χ3n) is 4.78. The average Bonchev–Trinajstić information content (AvgIpc) is 3.18. The van der Waals surface area contributed by atoms with E-state index < -0.39 is 17.9 Å². The molecule has 4 rings (SSSR count). The summed E-state index contributed by atoms with van der Waals surface area (Å²) >= 11 is 1.15. The van der Waals surface area contributed by atoms with Crippen LogP contribution in [0.3, 0.4) is 0 Å². The molecule has 0 saturated heterocycles. The third kappa shape index (κ3) is 4.30. The van der Waals surface area contributed by atoms with Crippen molar-refractivity contribution in [1.29, 1.82) is 0 Å². The highest BCUT2D eigenvalue weighted by Crippen LogP contribution is 2.26. The number of fused-ring (bicyclic) bond motifs is 1. The van der Waals surface area contributed by atoms with E-state index in [0.29, 0.717) is 30.2 Å². The number of carbonyl (C=O) groups is 2. The quantitative estimate of drug-likeness (QED) is 0.671. The highest BCUT2D eigenvalue weighted by Gasteiger charge is 2.30. The standard InChI is InChI=1S/C20H18FN5O2S/c21-14-5-7-15(8-6-14)23-19(28)20-25-24-17(29-20)11-26-10-13-4-2-1-3-12(13)9-16(26)18(22)27/h1-8,16H,9-11H2,(H2,22,27)(H,23,28)/t16-/m0/s1. The summed E-state index contributed by atoms with van der Waals surface area (Å²) in [6.07, 6.45) is 0.544. The van der Waals surface area contributed by atoms with E-state index in [2.05, 4.69) is 15.5 Å². The van der Waals surface area contributed by atoms with E-state index in [1.165, 1.54) is 24.3 Å². The summed E-state index contributed by atoms with van der Waals surface area (Å²) in [6, 6.07) is 13.0. The number of amides is 2. The van der Waals surface area contributed by atoms with Crippen LogP contribution in [-0.2, 0) is 24.3 Å². The molecule has 148 valence electrons. The van der Waals surface area contributed by atoms with Crippen molar-refractivity contribution in [2.75, 3.05) is 5.32 Å². The first-order valence-corrected chi connectivity index (χ1v) is 9.80. The lowest BCUT2D eigenvalue weighted by molar-refractivity contribution is -0.124. The Morgan fingerprint density at radius 2 is 1.86 bits per heavy atom. The number of primary amides is 1. The van der Waals surface area contributed by atoms with Crippen LogP contribution in [0.15, 0.2) is 48.5 Å². The molecule has 0 unspecified atom stereocenters. The Morgan fingerprint density at radius 3 is 2.59 bits per heavy atom. The van der Waals surface area contributed by atoms with Gasteiger partial charge in [0.25, 0.3) is 5.91 Å². The molecule has 2 aromatic carbocycles. The third-order valence-corrected chi connectivity index (χ3v) is 5.68. The van der Waals surface area contributed by atoms with Crippen molar-refractivity contribution in [1.82, 2.24) is 15.1 Å². The molecule has 0 radical (unpaired) electrons. The highest BCUT2D eigenvalue weighted by molar-refractivity contribution is 7.13. The molecule has 1 aromatic heterocycles. The Morgan fingerprint density at radius 1 is 1.14 bits per heavy atom. The van der Waals surface area contributed by atoms with Crippen LogP contribution >= 0.6 is 11.3 Å². The summed E-state index contributed by atoms with van der Waals surface area (Å²) in [5.74, 6) is -1.19. The summed E-state index contributed by atoms with van der Waals surface area (Å²) in [4.78, 5) is 26.3. The Labute approximate surface area is 170 Å². The van der Waals surface area contributed by atoms with E-state index in [0.717, 1.165) is 22.5 Å². The second-order valence-corrected chi connectivity index (χ2v) is 7.82. The van der Waals surface area contributed by atoms with Crippen LogP contribution in [0.5, 0.6) is 0 Å². The van der Waals surface area contributed by atoms with E-state index in [4.69, 9.17) is 5.73 Å². The van der Waals surface area contributed by atoms with Crippen molar-refractivity contribution in [3.63, 3.8) is 0 Å². The molecule has 2 amide bonds. The Bertz CT molecular complexity index is 1050. The number of benzene rings is 2. The minimum absolute atomic E-state index is 0.192. The molecule has 0 aliphatic carbocycles. The van der Waals surface area contributed by atoms with Crippen LogP contribution < -0.4 is 11.1 Å². The molecule has 0 bridgehead atoms. The molecule has 3 N–H and O–H groups in total. The number of hydrogen-bond donors (Lipinski definition) is 2. The summed E-state index contributed by atoms with van der Waals surface area (Å²) in [7, 11) is 0. The lowest BCUT2D eigenvalue weighted by Gasteiger charge is -2.34. The number of nitrogens with one attached hydrogen (secondary N) is 1. The van der Waals surface area contributed by atoms with Crippen LogP contribution in [0.25, 0.3) is 0 Å². The predicted molar refractivity (Wildman–Crippen MR) is 107 cm³/mol. The van der Waals surface area contributed by atoms with Gasteiger partial charge in [-0.05, 0) is 41.8 Å². The van der Waals surface area contributed by atoms with Gasteiger partial charge in [-0.2, -0.15) is 0 Å². The highest BCUT2D eigenvalue weighted by atomic mass is 32.1. The first kappa shape index (κ1) is 19.2. The van der Waals surface area contributed by atoms with Crippen molar-refractivity contribution >= 4 is 28.8 Å². The maximum absolute atomic E-state index is 13.0. The second kappa shape index (κ2) is 8.06. The monoisotopic (exact) mass is 411 g/mol. The summed E-state index contributed by atoms with van der Waals surface area (Å²) < 4.78 is 13.0. The zero-order chi connectivity index (χ0) is 20.4. The Kier molecular flexibility index (Phi) is 5.32. The minimum Gasteiger partial charge on any atom is -0.368 e. The topological polar surface area (TPSA) is 101 Å². The predicted octanol–water partition coefficient (Wildman–Crippen LogP) is 2.34. The van der Waals surface area contributed by atoms with Crippen LogP contribution in [0.2, 0.25) is 0 Å². The maximum Gasteiger partial charge on any atom is 0.286 e. The van der Waals surface area contributed by atoms with Crippen LogP contribution in [0.1, 0.15) is 25.9 Å². The fourth-order valence-corrected chi connectivity index (χ4v) is 4.09. The van der Waals surface area contributed by atoms with E-state index in [1.807, 2.05) is 29.2 Å². The average molecular weight is 411 g/mol. The fourth-order valence-electron chi connectivity index (χ4n) is 3.32. The van der Waals surface area contributed by atoms with E-state index >= 15 is 0 Å². The molecule has 1 atom stereocenters. The van der Waals surface area contributed by atoms with Gasteiger partial charge < -0.3 is 11.1 Å². The Balaban J connectivity index is 1.47. The van der Waals surface area contributed by atoms with Crippen LogP contribution in [0.4, 0.5) is 10.1 Å². The van der Waals surface area contributed by atoms with Gasteiger partial charge in [0.2, 0.25) is 10.9 Å². The van der Waals surface area contributed by atoms with Crippen molar-refractivity contribution in [3.05, 3.63) is 75.5 Å². The van der Waals surface area contributed by atoms with E-state index in [9.17, 15) is 14.0 Å². The zero-order valence-electron chi connectivity index (χ0n) is 15.3.